The Morgan fingerprint density at radius 2 is 1.62 bits per heavy atom. The van der Waals surface area contributed by atoms with Gasteiger partial charge in [-0.25, -0.2) is 0 Å². The highest BCUT2D eigenvalue weighted by atomic mass is 16.6. The van der Waals surface area contributed by atoms with Crippen LogP contribution in [0.3, 0.4) is 0 Å². The second-order valence-corrected chi connectivity index (χ2v) is 3.49. The molecule has 0 bridgehead atoms. The Morgan fingerprint density at radius 1 is 1.08 bits per heavy atom. The van der Waals surface area contributed by atoms with Crippen LogP contribution in [0.1, 0.15) is 13.8 Å². The fraction of sp³-hybridized carbons (Fsp3) is 1.00. The van der Waals surface area contributed by atoms with E-state index < -0.39 is 6.29 Å². The van der Waals surface area contributed by atoms with E-state index in [1.54, 1.807) is 14.2 Å². The zero-order valence-electron chi connectivity index (χ0n) is 8.56. The van der Waals surface area contributed by atoms with Crippen LogP contribution in [0.25, 0.3) is 0 Å². The minimum absolute atomic E-state index is 0.0638. The number of ether oxygens (including phenoxy) is 3. The van der Waals surface area contributed by atoms with Crippen LogP contribution in [0.4, 0.5) is 0 Å². The highest BCUT2D eigenvalue weighted by molar-refractivity contribution is 4.86. The molecule has 4 heteroatoms. The van der Waals surface area contributed by atoms with Gasteiger partial charge in [-0.05, 0) is 6.92 Å². The van der Waals surface area contributed by atoms with E-state index in [1.807, 2.05) is 13.8 Å². The van der Waals surface area contributed by atoms with Gasteiger partial charge in [-0.2, -0.15) is 0 Å². The molecule has 1 fully saturated rings. The van der Waals surface area contributed by atoms with Crippen LogP contribution >= 0.6 is 0 Å². The van der Waals surface area contributed by atoms with Gasteiger partial charge in [0.15, 0.2) is 6.29 Å². The summed E-state index contributed by atoms with van der Waals surface area (Å²) >= 11 is 0. The molecule has 0 aliphatic carbocycles. The van der Waals surface area contributed by atoms with Gasteiger partial charge in [0, 0.05) is 20.1 Å². The molecule has 0 aromatic heterocycles. The molecule has 1 saturated heterocycles. The zero-order valence-corrected chi connectivity index (χ0v) is 8.56. The number of hydrogen-bond acceptors (Lipinski definition) is 4. The van der Waals surface area contributed by atoms with Crippen molar-refractivity contribution in [1.82, 2.24) is 0 Å². The summed E-state index contributed by atoms with van der Waals surface area (Å²) in [6, 6.07) is 0. The van der Waals surface area contributed by atoms with E-state index >= 15 is 0 Å². The SMILES string of the molecule is CO[C@@H]1[C@@H](OC)[C@@H](C)C(O)O[C@H]1C. The van der Waals surface area contributed by atoms with E-state index in [2.05, 4.69) is 0 Å². The van der Waals surface area contributed by atoms with Crippen molar-refractivity contribution in [1.29, 1.82) is 0 Å². The fourth-order valence-electron chi connectivity index (χ4n) is 1.82. The van der Waals surface area contributed by atoms with Gasteiger partial charge in [0.05, 0.1) is 12.2 Å². The molecule has 1 unspecified atom stereocenters. The maximum atomic E-state index is 9.51. The Kier molecular flexibility index (Phi) is 3.67. The summed E-state index contributed by atoms with van der Waals surface area (Å²) in [7, 11) is 3.25. The Bertz CT molecular complexity index is 162. The first-order valence-electron chi connectivity index (χ1n) is 4.51. The van der Waals surface area contributed by atoms with Crippen molar-refractivity contribution in [3.05, 3.63) is 0 Å². The normalized spacial score (nSPS) is 46.4. The van der Waals surface area contributed by atoms with Gasteiger partial charge in [0.1, 0.15) is 6.10 Å². The lowest BCUT2D eigenvalue weighted by Gasteiger charge is -2.41. The van der Waals surface area contributed by atoms with E-state index in [1.165, 1.54) is 0 Å². The fourth-order valence-corrected chi connectivity index (χ4v) is 1.82. The molecule has 1 rings (SSSR count). The van der Waals surface area contributed by atoms with Crippen LogP contribution in [0.15, 0.2) is 0 Å². The average molecular weight is 190 g/mol. The van der Waals surface area contributed by atoms with Crippen molar-refractivity contribution in [2.75, 3.05) is 14.2 Å². The van der Waals surface area contributed by atoms with E-state index in [9.17, 15) is 5.11 Å². The highest BCUT2D eigenvalue weighted by Crippen LogP contribution is 2.27. The van der Waals surface area contributed by atoms with Crippen LogP contribution in [-0.2, 0) is 14.2 Å². The van der Waals surface area contributed by atoms with Crippen LogP contribution in [0, 0.1) is 5.92 Å². The average Bonchev–Trinajstić information content (AvgIpc) is 2.10. The van der Waals surface area contributed by atoms with Crippen molar-refractivity contribution in [3.63, 3.8) is 0 Å². The summed E-state index contributed by atoms with van der Waals surface area (Å²) in [6.07, 6.45) is -1.11. The summed E-state index contributed by atoms with van der Waals surface area (Å²) in [5.74, 6) is -0.0638. The molecule has 13 heavy (non-hydrogen) atoms. The Hall–Kier alpha value is -0.160. The summed E-state index contributed by atoms with van der Waals surface area (Å²) < 4.78 is 15.8. The molecule has 4 nitrogen and oxygen atoms in total. The zero-order chi connectivity index (χ0) is 10.0. The molecule has 0 saturated carbocycles. The molecule has 0 aromatic rings. The van der Waals surface area contributed by atoms with E-state index in [4.69, 9.17) is 14.2 Å². The predicted octanol–water partition coefficient (Wildman–Crippen LogP) is 0.390. The minimum atomic E-state index is -0.758. The van der Waals surface area contributed by atoms with Gasteiger partial charge in [-0.15, -0.1) is 0 Å². The first-order valence-corrected chi connectivity index (χ1v) is 4.51. The van der Waals surface area contributed by atoms with Gasteiger partial charge >= 0.3 is 0 Å². The molecular weight excluding hydrogens is 172 g/mol. The molecule has 5 atom stereocenters. The van der Waals surface area contributed by atoms with Crippen molar-refractivity contribution in [2.24, 2.45) is 5.92 Å². The molecule has 78 valence electrons. The first kappa shape index (κ1) is 10.9. The predicted molar refractivity (Wildman–Crippen MR) is 47.3 cm³/mol. The van der Waals surface area contributed by atoms with Crippen LogP contribution in [0.2, 0.25) is 0 Å². The molecule has 1 aliphatic heterocycles. The monoisotopic (exact) mass is 190 g/mol. The Balaban J connectivity index is 2.71. The molecule has 1 N–H and O–H groups in total. The lowest BCUT2D eigenvalue weighted by Crippen LogP contribution is -2.53. The van der Waals surface area contributed by atoms with Crippen LogP contribution in [-0.4, -0.2) is 43.9 Å². The van der Waals surface area contributed by atoms with Gasteiger partial charge < -0.3 is 19.3 Å². The van der Waals surface area contributed by atoms with Crippen molar-refractivity contribution in [3.8, 4) is 0 Å². The van der Waals surface area contributed by atoms with Crippen molar-refractivity contribution < 1.29 is 19.3 Å². The molecule has 0 aromatic carbocycles. The van der Waals surface area contributed by atoms with Gasteiger partial charge in [0.25, 0.3) is 0 Å². The quantitative estimate of drug-likeness (QED) is 0.684. The largest absolute Gasteiger partial charge is 0.378 e. The van der Waals surface area contributed by atoms with E-state index in [0.717, 1.165) is 0 Å². The van der Waals surface area contributed by atoms with E-state index in [-0.39, 0.29) is 24.2 Å². The Labute approximate surface area is 78.8 Å². The summed E-state index contributed by atoms with van der Waals surface area (Å²) in [5.41, 5.74) is 0. The van der Waals surface area contributed by atoms with Crippen LogP contribution < -0.4 is 0 Å². The molecule has 0 radical (unpaired) electrons. The second-order valence-electron chi connectivity index (χ2n) is 3.49. The molecule has 0 amide bonds. The number of aliphatic hydroxyl groups excluding tert-OH is 1. The van der Waals surface area contributed by atoms with Crippen LogP contribution in [0.5, 0.6) is 0 Å². The highest BCUT2D eigenvalue weighted by Gasteiger charge is 2.41. The van der Waals surface area contributed by atoms with Gasteiger partial charge in [-0.3, -0.25) is 0 Å². The van der Waals surface area contributed by atoms with E-state index in [0.29, 0.717) is 0 Å². The van der Waals surface area contributed by atoms with Gasteiger partial charge in [0.2, 0.25) is 0 Å². The summed E-state index contributed by atoms with van der Waals surface area (Å²) in [4.78, 5) is 0. The Morgan fingerprint density at radius 3 is 2.08 bits per heavy atom. The third-order valence-electron chi connectivity index (χ3n) is 2.65. The van der Waals surface area contributed by atoms with Crippen molar-refractivity contribution in [2.45, 2.75) is 38.4 Å². The molecule has 1 aliphatic rings. The standard InChI is InChI=1S/C9H18O4/c1-5-7(11-3)8(12-4)6(2)13-9(5)10/h5-10H,1-4H3/t5-,6+,7+,8+,9?/m1/s1. The first-order chi connectivity index (χ1) is 6.11. The maximum absolute atomic E-state index is 9.51. The molecule has 1 heterocycles. The van der Waals surface area contributed by atoms with Crippen molar-refractivity contribution >= 4 is 0 Å². The third-order valence-corrected chi connectivity index (χ3v) is 2.65. The minimum Gasteiger partial charge on any atom is -0.378 e. The molecule has 0 spiro atoms. The summed E-state index contributed by atoms with van der Waals surface area (Å²) in [6.45, 7) is 3.76. The smallest absolute Gasteiger partial charge is 0.160 e. The summed E-state index contributed by atoms with van der Waals surface area (Å²) in [5, 5.41) is 9.51. The number of aliphatic hydroxyl groups is 1. The topological polar surface area (TPSA) is 47.9 Å². The number of methoxy groups -OCH3 is 2. The lowest BCUT2D eigenvalue weighted by molar-refractivity contribution is -0.265. The molecular formula is C9H18O4. The number of hydrogen-bond donors (Lipinski definition) is 1. The number of rotatable bonds is 2. The lowest BCUT2D eigenvalue weighted by atomic mass is 9.93. The third kappa shape index (κ3) is 2.02. The maximum Gasteiger partial charge on any atom is 0.160 e. The van der Waals surface area contributed by atoms with Gasteiger partial charge in [-0.1, -0.05) is 6.92 Å². The second kappa shape index (κ2) is 4.37.